The van der Waals surface area contributed by atoms with E-state index in [0.29, 0.717) is 23.8 Å². The number of ether oxygens (including phenoxy) is 1. The van der Waals surface area contributed by atoms with Gasteiger partial charge in [-0.1, -0.05) is 0 Å². The van der Waals surface area contributed by atoms with Crippen LogP contribution in [0.25, 0.3) is 0 Å². The third-order valence-corrected chi connectivity index (χ3v) is 4.13. The van der Waals surface area contributed by atoms with Crippen LogP contribution in [0.5, 0.6) is 5.88 Å². The van der Waals surface area contributed by atoms with E-state index in [-0.39, 0.29) is 12.0 Å². The molecule has 1 fully saturated rings. The molecular weight excluding hydrogens is 276 g/mol. The van der Waals surface area contributed by atoms with Crippen LogP contribution in [-0.4, -0.2) is 45.0 Å². The number of carbonyl (C=O) groups is 1. The summed E-state index contributed by atoms with van der Waals surface area (Å²) in [5.41, 5.74) is 2.49. The predicted octanol–water partition coefficient (Wildman–Crippen LogP) is 1.54. The molecule has 0 radical (unpaired) electrons. The summed E-state index contributed by atoms with van der Waals surface area (Å²) in [7, 11) is 0. The van der Waals surface area contributed by atoms with E-state index in [1.165, 1.54) is 17.7 Å². The van der Waals surface area contributed by atoms with E-state index >= 15 is 0 Å². The number of thiazole rings is 1. The number of hydrogen-bond acceptors (Lipinski definition) is 6. The highest BCUT2D eigenvalue weighted by molar-refractivity contribution is 7.11. The molecule has 1 aliphatic heterocycles. The molecule has 20 heavy (non-hydrogen) atoms. The molecule has 1 unspecified atom stereocenters. The summed E-state index contributed by atoms with van der Waals surface area (Å²) in [5, 5.41) is 0. The zero-order chi connectivity index (χ0) is 13.9. The normalized spacial score (nSPS) is 18.2. The van der Waals surface area contributed by atoms with Crippen molar-refractivity contribution in [1.82, 2.24) is 19.9 Å². The Bertz CT molecular complexity index is 601. The number of likely N-dealkylation sites (tertiary alicyclic amines) is 1. The molecule has 0 spiro atoms. The van der Waals surface area contributed by atoms with E-state index < -0.39 is 0 Å². The maximum Gasteiger partial charge on any atom is 0.265 e. The van der Waals surface area contributed by atoms with Crippen molar-refractivity contribution in [1.29, 1.82) is 0 Å². The highest BCUT2D eigenvalue weighted by Gasteiger charge is 2.29. The lowest BCUT2D eigenvalue weighted by Crippen LogP contribution is -2.30. The molecule has 1 atom stereocenters. The van der Waals surface area contributed by atoms with Gasteiger partial charge in [0.15, 0.2) is 0 Å². The predicted molar refractivity (Wildman–Crippen MR) is 73.8 cm³/mol. The van der Waals surface area contributed by atoms with Gasteiger partial charge in [-0.05, 0) is 6.92 Å². The summed E-state index contributed by atoms with van der Waals surface area (Å²) in [6.45, 7) is 3.14. The Balaban J connectivity index is 1.62. The van der Waals surface area contributed by atoms with Crippen molar-refractivity contribution in [3.8, 4) is 5.88 Å². The minimum absolute atomic E-state index is 0.0120. The van der Waals surface area contributed by atoms with Crippen molar-refractivity contribution < 1.29 is 9.53 Å². The lowest BCUT2D eigenvalue weighted by Gasteiger charge is -2.16. The SMILES string of the molecule is Cc1ncsc1C(=O)N1CCC(Oc2ccncn2)C1. The molecule has 0 saturated carbocycles. The standard InChI is InChI=1S/C13H14N4O2S/c1-9-12(20-8-16-9)13(18)17-5-3-10(6-17)19-11-2-4-14-7-15-11/h2,4,7-8,10H,3,5-6H2,1H3. The Kier molecular flexibility index (Phi) is 3.60. The van der Waals surface area contributed by atoms with Gasteiger partial charge in [-0.2, -0.15) is 0 Å². The molecular formula is C13H14N4O2S. The van der Waals surface area contributed by atoms with Crippen LogP contribution in [0.2, 0.25) is 0 Å². The zero-order valence-corrected chi connectivity index (χ0v) is 11.8. The first-order valence-electron chi connectivity index (χ1n) is 6.36. The Morgan fingerprint density at radius 2 is 2.40 bits per heavy atom. The lowest BCUT2D eigenvalue weighted by atomic mass is 10.3. The lowest BCUT2D eigenvalue weighted by molar-refractivity contribution is 0.0775. The first-order valence-corrected chi connectivity index (χ1v) is 7.24. The fourth-order valence-electron chi connectivity index (χ4n) is 2.18. The van der Waals surface area contributed by atoms with Crippen LogP contribution in [0, 0.1) is 6.92 Å². The van der Waals surface area contributed by atoms with Crippen molar-refractivity contribution in [2.75, 3.05) is 13.1 Å². The maximum absolute atomic E-state index is 12.3. The Morgan fingerprint density at radius 3 is 3.10 bits per heavy atom. The van der Waals surface area contributed by atoms with E-state index in [2.05, 4.69) is 15.0 Å². The van der Waals surface area contributed by atoms with Crippen molar-refractivity contribution in [2.45, 2.75) is 19.4 Å². The molecule has 0 aromatic carbocycles. The smallest absolute Gasteiger partial charge is 0.265 e. The van der Waals surface area contributed by atoms with Crippen LogP contribution >= 0.6 is 11.3 Å². The van der Waals surface area contributed by atoms with Gasteiger partial charge in [0.2, 0.25) is 5.88 Å². The molecule has 0 aliphatic carbocycles. The first-order chi connectivity index (χ1) is 9.74. The van der Waals surface area contributed by atoms with Gasteiger partial charge in [0.05, 0.1) is 17.7 Å². The molecule has 1 saturated heterocycles. The maximum atomic E-state index is 12.3. The van der Waals surface area contributed by atoms with Crippen LogP contribution < -0.4 is 4.74 Å². The third-order valence-electron chi connectivity index (χ3n) is 3.21. The number of amides is 1. The Hall–Kier alpha value is -2.02. The van der Waals surface area contributed by atoms with Crippen molar-refractivity contribution in [2.24, 2.45) is 0 Å². The van der Waals surface area contributed by atoms with Crippen LogP contribution in [0.15, 0.2) is 24.1 Å². The highest BCUT2D eigenvalue weighted by Crippen LogP contribution is 2.21. The summed E-state index contributed by atoms with van der Waals surface area (Å²) in [5.74, 6) is 0.590. The van der Waals surface area contributed by atoms with E-state index in [9.17, 15) is 4.79 Å². The van der Waals surface area contributed by atoms with Gasteiger partial charge < -0.3 is 9.64 Å². The average molecular weight is 290 g/mol. The van der Waals surface area contributed by atoms with Crippen LogP contribution in [0.3, 0.4) is 0 Å². The molecule has 0 N–H and O–H groups in total. The first kappa shape index (κ1) is 13.0. The largest absolute Gasteiger partial charge is 0.472 e. The molecule has 0 bridgehead atoms. The Labute approximate surface area is 120 Å². The van der Waals surface area contributed by atoms with Gasteiger partial charge in [0.1, 0.15) is 17.3 Å². The monoisotopic (exact) mass is 290 g/mol. The molecule has 7 heteroatoms. The molecule has 6 nitrogen and oxygen atoms in total. The summed E-state index contributed by atoms with van der Waals surface area (Å²) in [4.78, 5) is 26.9. The second-order valence-corrected chi connectivity index (χ2v) is 5.45. The van der Waals surface area contributed by atoms with Crippen LogP contribution in [0.1, 0.15) is 21.8 Å². The van der Waals surface area contributed by atoms with Gasteiger partial charge in [-0.25, -0.2) is 15.0 Å². The minimum Gasteiger partial charge on any atom is -0.472 e. The minimum atomic E-state index is -0.0120. The fraction of sp³-hybridized carbons (Fsp3) is 0.385. The van der Waals surface area contributed by atoms with Gasteiger partial charge in [0, 0.05) is 25.2 Å². The molecule has 3 heterocycles. The second kappa shape index (κ2) is 5.54. The molecule has 1 aliphatic rings. The molecule has 104 valence electrons. The topological polar surface area (TPSA) is 68.2 Å². The van der Waals surface area contributed by atoms with Crippen molar-refractivity contribution >= 4 is 17.2 Å². The van der Waals surface area contributed by atoms with Gasteiger partial charge >= 0.3 is 0 Å². The number of hydrogen-bond donors (Lipinski definition) is 0. The van der Waals surface area contributed by atoms with E-state index in [1.54, 1.807) is 17.8 Å². The number of aromatic nitrogens is 3. The molecule has 2 aromatic heterocycles. The highest BCUT2D eigenvalue weighted by atomic mass is 32.1. The summed E-state index contributed by atoms with van der Waals surface area (Å²) >= 11 is 1.39. The van der Waals surface area contributed by atoms with Gasteiger partial charge in [-0.3, -0.25) is 4.79 Å². The van der Waals surface area contributed by atoms with Crippen molar-refractivity contribution in [3.63, 3.8) is 0 Å². The summed E-state index contributed by atoms with van der Waals surface area (Å²) in [6.07, 6.45) is 3.89. The summed E-state index contributed by atoms with van der Waals surface area (Å²) < 4.78 is 5.75. The molecule has 2 aromatic rings. The van der Waals surface area contributed by atoms with Gasteiger partial charge in [-0.15, -0.1) is 11.3 Å². The van der Waals surface area contributed by atoms with E-state index in [0.717, 1.165) is 12.1 Å². The quantitative estimate of drug-likeness (QED) is 0.857. The summed E-state index contributed by atoms with van der Waals surface area (Å²) in [6, 6.07) is 1.72. The Morgan fingerprint density at radius 1 is 1.50 bits per heavy atom. The third kappa shape index (κ3) is 2.62. The number of aryl methyl sites for hydroxylation is 1. The zero-order valence-electron chi connectivity index (χ0n) is 11.0. The average Bonchev–Trinajstić information content (AvgIpc) is 3.08. The van der Waals surface area contributed by atoms with E-state index in [4.69, 9.17) is 4.74 Å². The second-order valence-electron chi connectivity index (χ2n) is 4.59. The number of rotatable bonds is 3. The van der Waals surface area contributed by atoms with Gasteiger partial charge in [0.25, 0.3) is 5.91 Å². The van der Waals surface area contributed by atoms with Crippen molar-refractivity contribution in [3.05, 3.63) is 34.7 Å². The fourth-order valence-corrected chi connectivity index (χ4v) is 2.95. The van der Waals surface area contributed by atoms with Crippen LogP contribution in [0.4, 0.5) is 0 Å². The number of nitrogens with zero attached hydrogens (tertiary/aromatic N) is 4. The molecule has 1 amide bonds. The number of carbonyl (C=O) groups excluding carboxylic acids is 1. The molecule has 3 rings (SSSR count). The van der Waals surface area contributed by atoms with Crippen LogP contribution in [-0.2, 0) is 0 Å². The van der Waals surface area contributed by atoms with E-state index in [1.807, 2.05) is 11.8 Å².